The zero-order valence-corrected chi connectivity index (χ0v) is 14.1. The number of nitrogens with zero attached hydrogens (tertiary/aromatic N) is 3. The summed E-state index contributed by atoms with van der Waals surface area (Å²) in [7, 11) is 0. The van der Waals surface area contributed by atoms with Crippen LogP contribution in [0.3, 0.4) is 0 Å². The van der Waals surface area contributed by atoms with E-state index in [0.29, 0.717) is 25.7 Å². The second-order valence-corrected chi connectivity index (χ2v) is 8.02. The van der Waals surface area contributed by atoms with E-state index in [0.717, 1.165) is 32.1 Å². The molecule has 6 heteroatoms. The summed E-state index contributed by atoms with van der Waals surface area (Å²) in [6, 6.07) is 6.42. The number of hydrogen-bond acceptors (Lipinski definition) is 6. The molecule has 4 aliphatic rings. The Balaban J connectivity index is 2.08. The Morgan fingerprint density at radius 1 is 1.04 bits per heavy atom. The molecule has 25 heavy (non-hydrogen) atoms. The molecule has 0 aromatic rings. The fourth-order valence-corrected chi connectivity index (χ4v) is 6.41. The molecule has 1 saturated heterocycles. The van der Waals surface area contributed by atoms with Gasteiger partial charge in [0.05, 0.1) is 23.6 Å². The molecule has 128 valence electrons. The van der Waals surface area contributed by atoms with Gasteiger partial charge in [0.2, 0.25) is 11.3 Å². The Labute approximate surface area is 146 Å². The van der Waals surface area contributed by atoms with Crippen molar-refractivity contribution in [3.8, 4) is 18.2 Å². The first-order chi connectivity index (χ1) is 12.0. The van der Waals surface area contributed by atoms with Gasteiger partial charge in [-0.1, -0.05) is 12.8 Å². The van der Waals surface area contributed by atoms with Crippen LogP contribution in [-0.4, -0.2) is 17.3 Å². The van der Waals surface area contributed by atoms with Crippen molar-refractivity contribution in [3.63, 3.8) is 0 Å². The van der Waals surface area contributed by atoms with E-state index in [4.69, 9.17) is 10.1 Å². The number of carbonyl (C=O) groups is 1. The highest BCUT2D eigenvalue weighted by atomic mass is 16.5. The molecule has 1 aliphatic heterocycles. The molecule has 1 N–H and O–H groups in total. The van der Waals surface area contributed by atoms with E-state index in [1.807, 2.05) is 0 Å². The first-order valence-electron chi connectivity index (χ1n) is 9.05. The van der Waals surface area contributed by atoms with Crippen molar-refractivity contribution >= 4 is 11.7 Å². The van der Waals surface area contributed by atoms with Crippen LogP contribution in [0.15, 0.2) is 0 Å². The van der Waals surface area contributed by atoms with Crippen molar-refractivity contribution in [1.29, 1.82) is 21.2 Å². The van der Waals surface area contributed by atoms with Gasteiger partial charge in [-0.05, 0) is 38.5 Å². The first-order valence-corrected chi connectivity index (χ1v) is 9.05. The number of nitrogens with one attached hydrogen (secondary N) is 1. The third kappa shape index (κ3) is 1.38. The minimum Gasteiger partial charge on any atom is -0.470 e. The van der Waals surface area contributed by atoms with Crippen molar-refractivity contribution < 1.29 is 9.53 Å². The summed E-state index contributed by atoms with van der Waals surface area (Å²) in [5.41, 5.74) is -5.83. The van der Waals surface area contributed by atoms with Gasteiger partial charge in [0, 0.05) is 12.3 Å². The number of hydrogen-bond donors (Lipinski definition) is 1. The van der Waals surface area contributed by atoms with Crippen molar-refractivity contribution in [2.75, 3.05) is 0 Å². The SMILES string of the molecule is N#CC1(C#N)[C@]2(C#N)C(=N)O[C@@]13CCCC[C@H]3C[C@@]21CCCCC1=O. The second kappa shape index (κ2) is 4.83. The summed E-state index contributed by atoms with van der Waals surface area (Å²) < 4.78 is 6.01. The number of Topliss-reactive ketones (excluding diaryl/α,β-unsaturated/α-hetero) is 1. The topological polar surface area (TPSA) is 122 Å². The minimum atomic E-state index is -1.79. The monoisotopic (exact) mass is 336 g/mol. The molecular weight excluding hydrogens is 316 g/mol. The third-order valence-electron chi connectivity index (χ3n) is 7.44. The van der Waals surface area contributed by atoms with Gasteiger partial charge in [-0.15, -0.1) is 0 Å². The van der Waals surface area contributed by atoms with Gasteiger partial charge in [0.25, 0.3) is 0 Å². The van der Waals surface area contributed by atoms with Crippen LogP contribution < -0.4 is 0 Å². The van der Waals surface area contributed by atoms with Crippen LogP contribution in [0.1, 0.15) is 57.8 Å². The van der Waals surface area contributed by atoms with Crippen LogP contribution in [-0.2, 0) is 9.53 Å². The van der Waals surface area contributed by atoms with Crippen LogP contribution >= 0.6 is 0 Å². The molecule has 6 nitrogen and oxygen atoms in total. The number of fused-ring (bicyclic) bond motifs is 2. The lowest BCUT2D eigenvalue weighted by atomic mass is 9.37. The summed E-state index contributed by atoms with van der Waals surface area (Å²) in [4.78, 5) is 13.1. The normalized spacial score (nSPS) is 44.1. The lowest BCUT2D eigenvalue weighted by molar-refractivity contribution is -0.163. The Hall–Kier alpha value is -2.39. The molecule has 2 bridgehead atoms. The fraction of sp³-hybridized carbons (Fsp3) is 0.737. The van der Waals surface area contributed by atoms with Crippen molar-refractivity contribution in [2.24, 2.45) is 22.2 Å². The summed E-state index contributed by atoms with van der Waals surface area (Å²) in [5, 5.41) is 39.1. The predicted octanol–water partition coefficient (Wildman–Crippen LogP) is 3.00. The summed E-state index contributed by atoms with van der Waals surface area (Å²) in [6.45, 7) is 0. The highest BCUT2D eigenvalue weighted by Gasteiger charge is 2.87. The standard InChI is InChI=1S/C19H20N4O2/c20-10-17(11-21)18(12-22)15(23)25-19(17)8-4-1-5-13(19)9-16(18)7-3-2-6-14(16)24/h13,23H,1-9H2/t13-,16+,18+,19+/m0/s1. The molecule has 0 aromatic heterocycles. The van der Waals surface area contributed by atoms with Crippen LogP contribution in [0.25, 0.3) is 0 Å². The maximum Gasteiger partial charge on any atom is 0.211 e. The van der Waals surface area contributed by atoms with Gasteiger partial charge in [0.15, 0.2) is 5.41 Å². The average molecular weight is 336 g/mol. The molecule has 2 spiro atoms. The largest absolute Gasteiger partial charge is 0.470 e. The van der Waals surface area contributed by atoms with Crippen LogP contribution in [0.2, 0.25) is 0 Å². The Kier molecular flexibility index (Phi) is 3.11. The van der Waals surface area contributed by atoms with Gasteiger partial charge >= 0.3 is 0 Å². The maximum absolute atomic E-state index is 13.1. The Bertz CT molecular complexity index is 786. The molecule has 3 saturated carbocycles. The van der Waals surface area contributed by atoms with E-state index in [9.17, 15) is 20.6 Å². The quantitative estimate of drug-likeness (QED) is 0.728. The van der Waals surface area contributed by atoms with E-state index < -0.39 is 21.8 Å². The zero-order chi connectivity index (χ0) is 17.9. The Morgan fingerprint density at radius 3 is 2.40 bits per heavy atom. The molecule has 4 atom stereocenters. The van der Waals surface area contributed by atoms with Crippen LogP contribution in [0, 0.1) is 61.6 Å². The van der Waals surface area contributed by atoms with Crippen molar-refractivity contribution in [1.82, 2.24) is 0 Å². The van der Waals surface area contributed by atoms with Crippen LogP contribution in [0.5, 0.6) is 0 Å². The van der Waals surface area contributed by atoms with Gasteiger partial charge in [-0.25, -0.2) is 0 Å². The molecule has 1 heterocycles. The number of ether oxygens (including phenoxy) is 1. The van der Waals surface area contributed by atoms with Crippen molar-refractivity contribution in [2.45, 2.75) is 63.4 Å². The first kappa shape index (κ1) is 16.1. The van der Waals surface area contributed by atoms with Gasteiger partial charge in [0.1, 0.15) is 11.4 Å². The van der Waals surface area contributed by atoms with E-state index in [-0.39, 0.29) is 17.6 Å². The highest BCUT2D eigenvalue weighted by Crippen LogP contribution is 2.75. The van der Waals surface area contributed by atoms with Gasteiger partial charge in [-0.2, -0.15) is 15.8 Å². The van der Waals surface area contributed by atoms with Crippen LogP contribution in [0.4, 0.5) is 0 Å². The second-order valence-electron chi connectivity index (χ2n) is 8.02. The molecule has 4 fully saturated rings. The maximum atomic E-state index is 13.1. The molecule has 0 aromatic carbocycles. The fourth-order valence-electron chi connectivity index (χ4n) is 6.41. The van der Waals surface area contributed by atoms with E-state index in [2.05, 4.69) is 18.2 Å². The Morgan fingerprint density at radius 2 is 1.76 bits per heavy atom. The lowest BCUT2D eigenvalue weighted by Gasteiger charge is -2.58. The van der Waals surface area contributed by atoms with Gasteiger partial charge < -0.3 is 4.74 Å². The summed E-state index contributed by atoms with van der Waals surface area (Å²) in [6.07, 6.45) is 5.84. The molecular formula is C19H20N4O2. The van der Waals surface area contributed by atoms with Crippen molar-refractivity contribution in [3.05, 3.63) is 0 Å². The van der Waals surface area contributed by atoms with Gasteiger partial charge in [-0.3, -0.25) is 10.2 Å². The molecule has 4 rings (SSSR count). The van der Waals surface area contributed by atoms with E-state index >= 15 is 0 Å². The summed E-state index contributed by atoms with van der Waals surface area (Å²) >= 11 is 0. The van der Waals surface area contributed by atoms with E-state index in [1.54, 1.807) is 0 Å². The molecule has 0 radical (unpaired) electrons. The predicted molar refractivity (Wildman–Crippen MR) is 85.7 cm³/mol. The minimum absolute atomic E-state index is 0.0652. The highest BCUT2D eigenvalue weighted by molar-refractivity contribution is 6.00. The third-order valence-corrected chi connectivity index (χ3v) is 7.44. The molecule has 3 aliphatic carbocycles. The lowest BCUT2D eigenvalue weighted by Crippen LogP contribution is -2.68. The zero-order valence-electron chi connectivity index (χ0n) is 14.1. The summed E-state index contributed by atoms with van der Waals surface area (Å²) in [5.74, 6) is -0.519. The van der Waals surface area contributed by atoms with E-state index in [1.165, 1.54) is 0 Å². The number of ketones is 1. The average Bonchev–Trinajstić information content (AvgIpc) is 2.78. The number of carbonyl (C=O) groups excluding carboxylic acids is 1. The smallest absolute Gasteiger partial charge is 0.211 e. The molecule has 0 unspecified atom stereocenters. The number of nitriles is 3. The number of rotatable bonds is 0. The molecule has 0 amide bonds.